The zero-order chi connectivity index (χ0) is 36.1. The lowest BCUT2D eigenvalue weighted by Gasteiger charge is -2.47. The van der Waals surface area contributed by atoms with E-state index in [0.29, 0.717) is 45.2 Å². The van der Waals surface area contributed by atoms with Crippen LogP contribution in [0.5, 0.6) is 0 Å². The first-order valence-corrected chi connectivity index (χ1v) is 18.4. The number of hydrogen-bond donors (Lipinski definition) is 0. The Hall–Kier alpha value is -4.67. The summed E-state index contributed by atoms with van der Waals surface area (Å²) in [6.45, 7) is 4.36. The van der Waals surface area contributed by atoms with E-state index in [1.807, 2.05) is 115 Å². The van der Waals surface area contributed by atoms with E-state index in [-0.39, 0.29) is 6.61 Å². The zero-order valence-corrected chi connectivity index (χ0v) is 29.9. The van der Waals surface area contributed by atoms with Crippen LogP contribution >= 0.6 is 0 Å². The van der Waals surface area contributed by atoms with E-state index < -0.39 is 30.5 Å². The fraction of sp³-hybridized carbons (Fsp3) is 0.311. The molecule has 0 saturated carbocycles. The van der Waals surface area contributed by atoms with Gasteiger partial charge < -0.3 is 33.3 Å². The van der Waals surface area contributed by atoms with Gasteiger partial charge in [-0.1, -0.05) is 121 Å². The molecule has 5 atom stereocenters. The average Bonchev–Trinajstić information content (AvgIpc) is 3.23. The minimum Gasteiger partial charge on any atom is -0.378 e. The molecule has 8 nitrogen and oxygen atoms in total. The molecule has 5 aromatic rings. The summed E-state index contributed by atoms with van der Waals surface area (Å²) in [7, 11) is 0. The van der Waals surface area contributed by atoms with Gasteiger partial charge >= 0.3 is 0 Å². The van der Waals surface area contributed by atoms with Gasteiger partial charge in [-0.15, -0.1) is 0 Å². The molecule has 0 amide bonds. The number of morpholine rings is 1. The van der Waals surface area contributed by atoms with E-state index in [4.69, 9.17) is 28.4 Å². The van der Waals surface area contributed by atoms with Crippen molar-refractivity contribution >= 4 is 12.0 Å². The minimum atomic E-state index is -0.626. The molecule has 2 saturated heterocycles. The number of benzene rings is 5. The zero-order valence-electron chi connectivity index (χ0n) is 29.9. The Bertz CT molecular complexity index is 1820. The maximum atomic E-state index is 12.3. The van der Waals surface area contributed by atoms with Crippen molar-refractivity contribution in [3.63, 3.8) is 0 Å². The van der Waals surface area contributed by atoms with Gasteiger partial charge in [-0.3, -0.25) is 4.79 Å². The summed E-state index contributed by atoms with van der Waals surface area (Å²) < 4.78 is 40.1. The molecule has 274 valence electrons. The number of nitrogens with zero attached hydrogens (tertiary/aromatic N) is 1. The molecule has 0 bridgehead atoms. The fourth-order valence-electron chi connectivity index (χ4n) is 7.01. The van der Waals surface area contributed by atoms with Crippen LogP contribution in [-0.4, -0.2) is 63.6 Å². The predicted octanol–water partition coefficient (Wildman–Crippen LogP) is 7.75. The molecule has 0 N–H and O–H groups in total. The highest BCUT2D eigenvalue weighted by Gasteiger charge is 2.49. The molecule has 53 heavy (non-hydrogen) atoms. The van der Waals surface area contributed by atoms with Gasteiger partial charge in [0, 0.05) is 29.9 Å². The molecule has 0 radical (unpaired) electrons. The van der Waals surface area contributed by atoms with E-state index in [9.17, 15) is 4.79 Å². The second-order valence-electron chi connectivity index (χ2n) is 13.4. The molecule has 0 aromatic heterocycles. The number of aldehydes is 1. The summed E-state index contributed by atoms with van der Waals surface area (Å²) in [4.78, 5) is 14.6. The second kappa shape index (κ2) is 18.9. The van der Waals surface area contributed by atoms with Gasteiger partial charge in [-0.05, 0) is 40.5 Å². The Morgan fingerprint density at radius 1 is 0.585 bits per heavy atom. The molecule has 2 heterocycles. The number of anilines is 1. The number of ether oxygens (including phenoxy) is 6. The van der Waals surface area contributed by atoms with Crippen LogP contribution in [0.15, 0.2) is 140 Å². The van der Waals surface area contributed by atoms with Crippen LogP contribution < -0.4 is 4.90 Å². The molecular weight excluding hydrogens is 666 g/mol. The molecule has 5 aromatic carbocycles. The van der Waals surface area contributed by atoms with Crippen LogP contribution in [0, 0.1) is 0 Å². The molecule has 2 fully saturated rings. The number of carbonyl (C=O) groups is 1. The molecule has 8 heteroatoms. The highest BCUT2D eigenvalue weighted by atomic mass is 16.6. The van der Waals surface area contributed by atoms with E-state index in [1.54, 1.807) is 0 Å². The Balaban J connectivity index is 1.29. The van der Waals surface area contributed by atoms with Crippen molar-refractivity contribution in [2.24, 2.45) is 0 Å². The van der Waals surface area contributed by atoms with Crippen molar-refractivity contribution in [1.82, 2.24) is 0 Å². The Labute approximate surface area is 312 Å². The summed E-state index contributed by atoms with van der Waals surface area (Å²) in [5.74, 6) is 0. The quantitative estimate of drug-likeness (QED) is 0.0962. The third-order valence-corrected chi connectivity index (χ3v) is 9.73. The number of carbonyl (C=O) groups excluding carboxylic acids is 1. The largest absolute Gasteiger partial charge is 0.378 e. The molecule has 2 aliphatic rings. The fourth-order valence-corrected chi connectivity index (χ4v) is 7.01. The van der Waals surface area contributed by atoms with Crippen molar-refractivity contribution in [2.45, 2.75) is 56.9 Å². The van der Waals surface area contributed by atoms with Crippen molar-refractivity contribution in [3.05, 3.63) is 173 Å². The molecule has 7 rings (SSSR count). The molecule has 0 aliphatic carbocycles. The Morgan fingerprint density at radius 2 is 1.08 bits per heavy atom. The third kappa shape index (κ3) is 9.86. The lowest BCUT2D eigenvalue weighted by atomic mass is 9.88. The highest BCUT2D eigenvalue weighted by Crippen LogP contribution is 2.42. The van der Waals surface area contributed by atoms with Crippen molar-refractivity contribution in [2.75, 3.05) is 37.8 Å². The second-order valence-corrected chi connectivity index (χ2v) is 13.4. The summed E-state index contributed by atoms with van der Waals surface area (Å²) in [5.41, 5.74) is 6.56. The van der Waals surface area contributed by atoms with Crippen LogP contribution in [0.25, 0.3) is 0 Å². The standard InChI is InChI=1S/C45H47NO7/c47-28-38-21-22-40(46-23-25-48-26-24-46)39(27-38)42-44(51-31-36-17-9-3-10-18-36)45(52-32-37-19-11-4-12-20-37)43(50-30-35-15-7-2-8-16-35)41(53-42)33-49-29-34-13-5-1-6-14-34/h1-22,27-28,41-45H,23-26,29-33H2/t41-,42+,43-,44+,45+/m1/s1. The van der Waals surface area contributed by atoms with Crippen molar-refractivity contribution in [3.8, 4) is 0 Å². The summed E-state index contributed by atoms with van der Waals surface area (Å²) >= 11 is 0. The highest BCUT2D eigenvalue weighted by molar-refractivity contribution is 5.77. The minimum absolute atomic E-state index is 0.252. The summed E-state index contributed by atoms with van der Waals surface area (Å²) in [6, 6.07) is 46.3. The van der Waals surface area contributed by atoms with E-state index in [1.165, 1.54) is 0 Å². The Kier molecular flexibility index (Phi) is 13.1. The van der Waals surface area contributed by atoms with E-state index in [0.717, 1.165) is 52.9 Å². The van der Waals surface area contributed by atoms with Crippen molar-refractivity contribution in [1.29, 1.82) is 0 Å². The lowest BCUT2D eigenvalue weighted by Crippen LogP contribution is -2.58. The average molecular weight is 714 g/mol. The topological polar surface area (TPSA) is 75.7 Å². The van der Waals surface area contributed by atoms with Crippen molar-refractivity contribution < 1.29 is 33.2 Å². The van der Waals surface area contributed by atoms with Crippen LogP contribution in [0.3, 0.4) is 0 Å². The van der Waals surface area contributed by atoms with Crippen LogP contribution in [-0.2, 0) is 54.8 Å². The third-order valence-electron chi connectivity index (χ3n) is 9.73. The van der Waals surface area contributed by atoms with Gasteiger partial charge in [0.15, 0.2) is 0 Å². The molecule has 0 spiro atoms. The predicted molar refractivity (Wildman–Crippen MR) is 204 cm³/mol. The first-order chi connectivity index (χ1) is 26.2. The van der Waals surface area contributed by atoms with E-state index >= 15 is 0 Å². The number of hydrogen-bond acceptors (Lipinski definition) is 8. The number of rotatable bonds is 16. The Morgan fingerprint density at radius 3 is 1.60 bits per heavy atom. The lowest BCUT2D eigenvalue weighted by molar-refractivity contribution is -0.275. The monoisotopic (exact) mass is 713 g/mol. The maximum Gasteiger partial charge on any atom is 0.150 e. The van der Waals surface area contributed by atoms with Gasteiger partial charge in [0.25, 0.3) is 0 Å². The SMILES string of the molecule is O=Cc1ccc(N2CCOCC2)c([C@@H]2O[C@H](COCc3ccccc3)[C@@H](OCc3ccccc3)[C@H](OCc3ccccc3)[C@H]2OCc2ccccc2)c1. The van der Waals surface area contributed by atoms with Gasteiger partial charge in [-0.25, -0.2) is 0 Å². The van der Waals surface area contributed by atoms with Gasteiger partial charge in [0.05, 0.1) is 46.2 Å². The van der Waals surface area contributed by atoms with Crippen LogP contribution in [0.1, 0.15) is 44.3 Å². The van der Waals surface area contributed by atoms with Crippen LogP contribution in [0.2, 0.25) is 0 Å². The molecule has 2 aliphatic heterocycles. The maximum absolute atomic E-state index is 12.3. The van der Waals surface area contributed by atoms with Crippen LogP contribution in [0.4, 0.5) is 5.69 Å². The summed E-state index contributed by atoms with van der Waals surface area (Å²) in [6.07, 6.45) is -2.05. The first-order valence-electron chi connectivity index (χ1n) is 18.4. The van der Waals surface area contributed by atoms with Gasteiger partial charge in [0.1, 0.15) is 36.8 Å². The normalized spacial score (nSPS) is 21.7. The molecule has 0 unspecified atom stereocenters. The molecular formula is C45H47NO7. The van der Waals surface area contributed by atoms with Gasteiger partial charge in [-0.2, -0.15) is 0 Å². The first kappa shape index (κ1) is 36.7. The smallest absolute Gasteiger partial charge is 0.150 e. The van der Waals surface area contributed by atoms with E-state index in [2.05, 4.69) is 29.2 Å². The van der Waals surface area contributed by atoms with Gasteiger partial charge in [0.2, 0.25) is 0 Å². The summed E-state index contributed by atoms with van der Waals surface area (Å²) in [5, 5.41) is 0.